The highest BCUT2D eigenvalue weighted by atomic mass is 16.5. The molecule has 0 radical (unpaired) electrons. The van der Waals surface area contributed by atoms with Crippen LogP contribution in [0.5, 0.6) is 0 Å². The summed E-state index contributed by atoms with van der Waals surface area (Å²) in [6.45, 7) is 6.22. The predicted molar refractivity (Wildman–Crippen MR) is 58.3 cm³/mol. The van der Waals surface area contributed by atoms with Crippen molar-refractivity contribution in [2.75, 3.05) is 7.05 Å². The van der Waals surface area contributed by atoms with Crippen LogP contribution in [0, 0.1) is 13.8 Å². The van der Waals surface area contributed by atoms with Crippen molar-refractivity contribution in [1.29, 1.82) is 0 Å². The molecule has 0 spiro atoms. The molecule has 0 aliphatic carbocycles. The fourth-order valence-corrected chi connectivity index (χ4v) is 1.54. The number of hydroxylamine groups is 1. The van der Waals surface area contributed by atoms with Crippen LogP contribution in [0.4, 0.5) is 0 Å². The third kappa shape index (κ3) is 2.13. The fraction of sp³-hybridized carbons (Fsp3) is 0.417. The predicted octanol–water partition coefficient (Wildman–Crippen LogP) is 2.53. The Morgan fingerprint density at radius 3 is 2.36 bits per heavy atom. The molecule has 0 amide bonds. The van der Waals surface area contributed by atoms with Crippen LogP contribution in [0.1, 0.15) is 30.0 Å². The normalized spacial score (nSPS) is 12.6. The van der Waals surface area contributed by atoms with Gasteiger partial charge in [-0.15, -0.1) is 0 Å². The Bertz CT molecular complexity index is 363. The van der Waals surface area contributed by atoms with Crippen molar-refractivity contribution in [1.82, 2.24) is 0 Å². The highest BCUT2D eigenvalue weighted by molar-refractivity contribution is 5.96. The summed E-state index contributed by atoms with van der Waals surface area (Å²) in [6, 6.07) is 6.25. The molecule has 1 N–H and O–H groups in total. The van der Waals surface area contributed by atoms with Gasteiger partial charge in [0.05, 0.1) is 0 Å². The van der Waals surface area contributed by atoms with Gasteiger partial charge in [0.2, 0.25) is 5.71 Å². The van der Waals surface area contributed by atoms with Crippen molar-refractivity contribution in [3.8, 4) is 0 Å². The maximum atomic E-state index is 9.42. The molecule has 0 saturated carbocycles. The summed E-state index contributed by atoms with van der Waals surface area (Å²) in [5, 5.41) is 9.42. The van der Waals surface area contributed by atoms with E-state index >= 15 is 0 Å². The second-order valence-corrected chi connectivity index (χ2v) is 3.62. The Kier molecular flexibility index (Phi) is 3.28. The second kappa shape index (κ2) is 4.27. The van der Waals surface area contributed by atoms with Crippen LogP contribution in [0.15, 0.2) is 18.2 Å². The van der Waals surface area contributed by atoms with Crippen molar-refractivity contribution < 1.29 is 9.95 Å². The van der Waals surface area contributed by atoms with E-state index in [0.29, 0.717) is 0 Å². The number of hydrogen-bond acceptors (Lipinski definition) is 1. The molecule has 0 atom stereocenters. The summed E-state index contributed by atoms with van der Waals surface area (Å²) in [5.41, 5.74) is 4.59. The first kappa shape index (κ1) is 10.8. The minimum atomic E-state index is 0.829. The summed E-state index contributed by atoms with van der Waals surface area (Å²) in [4.78, 5) is 0. The Morgan fingerprint density at radius 2 is 1.93 bits per heavy atom. The van der Waals surface area contributed by atoms with Gasteiger partial charge in [0.25, 0.3) is 0 Å². The van der Waals surface area contributed by atoms with Gasteiger partial charge in [-0.3, -0.25) is 5.21 Å². The van der Waals surface area contributed by atoms with E-state index in [1.54, 1.807) is 7.05 Å². The topological polar surface area (TPSA) is 23.2 Å². The van der Waals surface area contributed by atoms with Gasteiger partial charge >= 0.3 is 0 Å². The molecule has 0 heterocycles. The van der Waals surface area contributed by atoms with Gasteiger partial charge in [0.1, 0.15) is 0 Å². The summed E-state index contributed by atoms with van der Waals surface area (Å²) >= 11 is 0. The smallest absolute Gasteiger partial charge is 0.233 e. The number of aryl methyl sites for hydroxylation is 2. The molecule has 0 aliphatic rings. The molecule has 0 aromatic heterocycles. The zero-order valence-corrected chi connectivity index (χ0v) is 9.33. The van der Waals surface area contributed by atoms with Gasteiger partial charge in [-0.2, -0.15) is 0 Å². The Morgan fingerprint density at radius 1 is 1.29 bits per heavy atom. The van der Waals surface area contributed by atoms with Crippen LogP contribution in [-0.2, 0) is 0 Å². The highest BCUT2D eigenvalue weighted by Crippen LogP contribution is 2.11. The van der Waals surface area contributed by atoms with Crippen molar-refractivity contribution in [2.45, 2.75) is 27.2 Å². The van der Waals surface area contributed by atoms with Crippen molar-refractivity contribution in [2.24, 2.45) is 0 Å². The lowest BCUT2D eigenvalue weighted by Gasteiger charge is -2.03. The molecule has 0 fully saturated rings. The summed E-state index contributed by atoms with van der Waals surface area (Å²) in [6.07, 6.45) is 0.829. The summed E-state index contributed by atoms with van der Waals surface area (Å²) in [7, 11) is 1.66. The Hall–Kier alpha value is -1.31. The average molecular weight is 192 g/mol. The van der Waals surface area contributed by atoms with Gasteiger partial charge in [0.15, 0.2) is 7.05 Å². The van der Waals surface area contributed by atoms with Crippen LogP contribution in [-0.4, -0.2) is 22.7 Å². The molecule has 14 heavy (non-hydrogen) atoms. The molecular formula is C12H18NO+. The van der Waals surface area contributed by atoms with Crippen LogP contribution in [0.25, 0.3) is 0 Å². The quantitative estimate of drug-likeness (QED) is 0.331. The third-order valence-corrected chi connectivity index (χ3v) is 2.57. The first-order valence-corrected chi connectivity index (χ1v) is 4.92. The van der Waals surface area contributed by atoms with Gasteiger partial charge < -0.3 is 0 Å². The molecule has 0 bridgehead atoms. The number of hydrogen-bond donors (Lipinski definition) is 1. The number of rotatable bonds is 2. The van der Waals surface area contributed by atoms with Crippen LogP contribution in [0.3, 0.4) is 0 Å². The van der Waals surface area contributed by atoms with Gasteiger partial charge in [0, 0.05) is 12.0 Å². The van der Waals surface area contributed by atoms with Crippen molar-refractivity contribution in [3.63, 3.8) is 0 Å². The van der Waals surface area contributed by atoms with E-state index in [2.05, 4.69) is 26.0 Å². The van der Waals surface area contributed by atoms with E-state index in [9.17, 15) is 5.21 Å². The maximum Gasteiger partial charge on any atom is 0.233 e. The zero-order chi connectivity index (χ0) is 10.7. The summed E-state index contributed by atoms with van der Waals surface area (Å²) < 4.78 is 1.20. The molecular weight excluding hydrogens is 174 g/mol. The zero-order valence-electron chi connectivity index (χ0n) is 9.33. The Balaban J connectivity index is 3.20. The first-order chi connectivity index (χ1) is 6.56. The molecule has 76 valence electrons. The van der Waals surface area contributed by atoms with E-state index in [-0.39, 0.29) is 0 Å². The fourth-order valence-electron chi connectivity index (χ4n) is 1.54. The van der Waals surface area contributed by atoms with E-state index in [1.807, 2.05) is 13.0 Å². The largest absolute Gasteiger partial charge is 0.291 e. The van der Waals surface area contributed by atoms with E-state index in [4.69, 9.17) is 0 Å². The minimum absolute atomic E-state index is 0.829. The lowest BCUT2D eigenvalue weighted by atomic mass is 10.0. The molecule has 0 saturated heterocycles. The third-order valence-electron chi connectivity index (χ3n) is 2.57. The molecule has 2 heteroatoms. The highest BCUT2D eigenvalue weighted by Gasteiger charge is 2.11. The first-order valence-electron chi connectivity index (χ1n) is 4.92. The minimum Gasteiger partial charge on any atom is -0.291 e. The SMILES string of the molecule is CCC(c1ccc(C)c(C)c1)=[N+](C)O. The second-order valence-electron chi connectivity index (χ2n) is 3.62. The molecule has 1 rings (SSSR count). The van der Waals surface area contributed by atoms with E-state index < -0.39 is 0 Å². The molecule has 2 nitrogen and oxygen atoms in total. The van der Waals surface area contributed by atoms with Crippen LogP contribution < -0.4 is 0 Å². The average Bonchev–Trinajstić information content (AvgIpc) is 2.11. The van der Waals surface area contributed by atoms with Gasteiger partial charge in [-0.25, -0.2) is 0 Å². The lowest BCUT2D eigenvalue weighted by molar-refractivity contribution is -0.754. The van der Waals surface area contributed by atoms with Gasteiger partial charge in [-0.05, 0) is 41.8 Å². The number of nitrogens with zero attached hydrogens (tertiary/aromatic N) is 1. The van der Waals surface area contributed by atoms with Gasteiger partial charge in [-0.1, -0.05) is 13.0 Å². The molecule has 0 unspecified atom stereocenters. The Labute approximate surface area is 85.5 Å². The monoisotopic (exact) mass is 192 g/mol. The maximum absolute atomic E-state index is 9.42. The standard InChI is InChI=1S/C12H18NO/c1-5-12(13(4)14)11-7-6-9(2)10(3)8-11/h6-8,14H,5H2,1-4H3/q+1. The molecule has 1 aromatic rings. The van der Waals surface area contributed by atoms with Crippen molar-refractivity contribution >= 4 is 5.71 Å². The summed E-state index contributed by atoms with van der Waals surface area (Å²) in [5.74, 6) is 0. The van der Waals surface area contributed by atoms with Crippen LogP contribution >= 0.6 is 0 Å². The lowest BCUT2D eigenvalue weighted by Crippen LogP contribution is -2.14. The van der Waals surface area contributed by atoms with E-state index in [1.165, 1.54) is 15.9 Å². The van der Waals surface area contributed by atoms with Crippen LogP contribution in [0.2, 0.25) is 0 Å². The van der Waals surface area contributed by atoms with Crippen molar-refractivity contribution in [3.05, 3.63) is 34.9 Å². The number of benzene rings is 1. The molecule has 1 aromatic carbocycles. The van der Waals surface area contributed by atoms with E-state index in [0.717, 1.165) is 17.7 Å². The molecule has 0 aliphatic heterocycles.